The Bertz CT molecular complexity index is 1460. The van der Waals surface area contributed by atoms with Gasteiger partial charge in [0, 0.05) is 25.8 Å². The van der Waals surface area contributed by atoms with Gasteiger partial charge < -0.3 is 15.2 Å². The van der Waals surface area contributed by atoms with E-state index in [1.54, 1.807) is 40.8 Å². The summed E-state index contributed by atoms with van der Waals surface area (Å²) in [6.07, 6.45) is 2.91. The Morgan fingerprint density at radius 3 is 2.55 bits per heavy atom. The number of rotatable bonds is 5. The zero-order chi connectivity index (χ0) is 30.4. The molecule has 5 rings (SSSR count). The first kappa shape index (κ1) is 29.7. The van der Waals surface area contributed by atoms with Gasteiger partial charge in [-0.3, -0.25) is 9.69 Å². The maximum absolute atomic E-state index is 14.0. The summed E-state index contributed by atoms with van der Waals surface area (Å²) in [4.78, 5) is 36.9. The fourth-order valence-electron chi connectivity index (χ4n) is 5.54. The van der Waals surface area contributed by atoms with Crippen LogP contribution >= 0.6 is 0 Å². The van der Waals surface area contributed by atoms with E-state index in [0.29, 0.717) is 23.5 Å². The second-order valence-electron chi connectivity index (χ2n) is 12.6. The summed E-state index contributed by atoms with van der Waals surface area (Å²) in [6.45, 7) is 8.88. The molecule has 2 amide bonds. The lowest BCUT2D eigenvalue weighted by Gasteiger charge is -2.42. The number of ether oxygens (including phenoxy) is 1. The van der Waals surface area contributed by atoms with Crippen LogP contribution in [0.25, 0.3) is 5.78 Å². The lowest BCUT2D eigenvalue weighted by Crippen LogP contribution is -2.48. The van der Waals surface area contributed by atoms with Gasteiger partial charge in [0.05, 0.1) is 41.5 Å². The maximum Gasteiger partial charge on any atom is 0.410 e. The van der Waals surface area contributed by atoms with E-state index in [9.17, 15) is 23.5 Å². The predicted octanol–water partition coefficient (Wildman–Crippen LogP) is 3.94. The highest BCUT2D eigenvalue weighted by Gasteiger charge is 2.42. The monoisotopic (exact) mass is 590 g/mol. The van der Waals surface area contributed by atoms with E-state index in [1.807, 2.05) is 0 Å². The molecule has 0 bridgehead atoms. The van der Waals surface area contributed by atoms with E-state index in [0.717, 1.165) is 0 Å². The predicted molar refractivity (Wildman–Crippen MR) is 142 cm³/mol. The molecule has 2 aliphatic rings. The molecule has 2 unspecified atom stereocenters. The van der Waals surface area contributed by atoms with Crippen LogP contribution in [0, 0.1) is 12.8 Å². The normalized spacial score (nSPS) is 24.0. The Morgan fingerprint density at radius 2 is 1.90 bits per heavy atom. The summed E-state index contributed by atoms with van der Waals surface area (Å²) in [5.41, 5.74) is -0.655. The van der Waals surface area contributed by atoms with E-state index in [1.165, 1.54) is 15.6 Å². The highest BCUT2D eigenvalue weighted by atomic mass is 19.3. The summed E-state index contributed by atoms with van der Waals surface area (Å²) < 4.78 is 39.7. The summed E-state index contributed by atoms with van der Waals surface area (Å²) in [5, 5.41) is 25.5. The first-order valence-electron chi connectivity index (χ1n) is 14.0. The molecule has 0 radical (unpaired) electrons. The van der Waals surface area contributed by atoms with Crippen molar-refractivity contribution in [2.24, 2.45) is 5.92 Å². The van der Waals surface area contributed by atoms with Gasteiger partial charge in [-0.1, -0.05) is 5.16 Å². The van der Waals surface area contributed by atoms with Crippen LogP contribution in [0.1, 0.15) is 106 Å². The average Bonchev–Trinajstić information content (AvgIpc) is 3.51. The standard InChI is InChI=1S/C27H36F2N8O5/c1-15-20(35-42-34-15)22(38)33-21(16-6-8-27(28,29)9-7-16)18-14-37-23(32-18)31-17(13-30-37)19-12-26(5,40)10-11-36(19)24(39)41-25(2,3)4/h13-14,16,19,21,40H,6-12H2,1-5H3,(H,33,38)/t19?,21-,26?/m0/s1. The Labute approximate surface area is 241 Å². The zero-order valence-corrected chi connectivity index (χ0v) is 24.3. The molecule has 228 valence electrons. The van der Waals surface area contributed by atoms with Crippen molar-refractivity contribution >= 4 is 17.8 Å². The lowest BCUT2D eigenvalue weighted by molar-refractivity contribution is -0.0497. The quantitative estimate of drug-likeness (QED) is 0.445. The molecule has 3 aromatic heterocycles. The molecule has 15 heteroatoms. The maximum atomic E-state index is 14.0. The number of amides is 2. The number of imidazole rings is 1. The Balaban J connectivity index is 1.46. The van der Waals surface area contributed by atoms with Crippen molar-refractivity contribution in [3.8, 4) is 0 Å². The molecule has 13 nitrogen and oxygen atoms in total. The minimum absolute atomic E-state index is 0.00461. The molecule has 2 fully saturated rings. The zero-order valence-electron chi connectivity index (χ0n) is 24.3. The second-order valence-corrected chi connectivity index (χ2v) is 12.6. The van der Waals surface area contributed by atoms with Crippen LogP contribution in [0.2, 0.25) is 0 Å². The van der Waals surface area contributed by atoms with Gasteiger partial charge in [0.25, 0.3) is 11.7 Å². The van der Waals surface area contributed by atoms with Crippen molar-refractivity contribution in [2.75, 3.05) is 6.54 Å². The molecular formula is C27H36F2N8O5. The smallest absolute Gasteiger partial charge is 0.410 e. The Hall–Kier alpha value is -3.75. The third-order valence-electron chi connectivity index (χ3n) is 7.81. The van der Waals surface area contributed by atoms with Crippen LogP contribution in [0.5, 0.6) is 0 Å². The molecule has 4 heterocycles. The number of aliphatic hydroxyl groups is 1. The van der Waals surface area contributed by atoms with Crippen LogP contribution in [0.15, 0.2) is 17.0 Å². The minimum Gasteiger partial charge on any atom is -0.444 e. The van der Waals surface area contributed by atoms with Gasteiger partial charge in [-0.2, -0.15) is 5.10 Å². The van der Waals surface area contributed by atoms with Crippen LogP contribution < -0.4 is 5.32 Å². The topological polar surface area (TPSA) is 161 Å². The van der Waals surface area contributed by atoms with Gasteiger partial charge >= 0.3 is 6.09 Å². The fourth-order valence-corrected chi connectivity index (χ4v) is 5.54. The summed E-state index contributed by atoms with van der Waals surface area (Å²) >= 11 is 0. The van der Waals surface area contributed by atoms with Crippen LogP contribution in [-0.4, -0.2) is 75.6 Å². The van der Waals surface area contributed by atoms with Gasteiger partial charge in [0.2, 0.25) is 5.92 Å². The number of carbonyl (C=O) groups is 2. The lowest BCUT2D eigenvalue weighted by atomic mass is 9.81. The molecule has 1 aliphatic carbocycles. The van der Waals surface area contributed by atoms with E-state index >= 15 is 0 Å². The number of alkyl halides is 2. The molecule has 1 saturated carbocycles. The van der Waals surface area contributed by atoms with Crippen LogP contribution in [-0.2, 0) is 4.74 Å². The fraction of sp³-hybridized carbons (Fsp3) is 0.667. The number of halogens is 2. The number of piperidine rings is 1. The van der Waals surface area contributed by atoms with Crippen molar-refractivity contribution in [2.45, 2.75) is 102 Å². The van der Waals surface area contributed by atoms with Crippen LogP contribution in [0.3, 0.4) is 0 Å². The summed E-state index contributed by atoms with van der Waals surface area (Å²) in [7, 11) is 0. The van der Waals surface area contributed by atoms with Gasteiger partial charge in [0.1, 0.15) is 11.3 Å². The van der Waals surface area contributed by atoms with Crippen molar-refractivity contribution < 1.29 is 32.8 Å². The number of nitrogens with zero attached hydrogens (tertiary/aromatic N) is 7. The van der Waals surface area contributed by atoms with Gasteiger partial charge in [0.15, 0.2) is 5.69 Å². The molecule has 3 atom stereocenters. The number of aromatic nitrogens is 6. The Morgan fingerprint density at radius 1 is 1.19 bits per heavy atom. The largest absolute Gasteiger partial charge is 0.444 e. The molecule has 0 spiro atoms. The van der Waals surface area contributed by atoms with E-state index in [2.05, 4.69) is 35.3 Å². The SMILES string of the molecule is Cc1nonc1C(=O)N[C@H](c1cn2ncc(C3CC(C)(O)CCN3C(=O)OC(C)(C)C)nc2n1)C1CCC(F)(F)CC1. The van der Waals surface area contributed by atoms with E-state index < -0.39 is 41.2 Å². The number of likely N-dealkylation sites (tertiary alicyclic amines) is 1. The third-order valence-corrected chi connectivity index (χ3v) is 7.81. The highest BCUT2D eigenvalue weighted by Crippen LogP contribution is 2.42. The average molecular weight is 591 g/mol. The molecule has 42 heavy (non-hydrogen) atoms. The molecule has 1 aliphatic heterocycles. The third kappa shape index (κ3) is 6.50. The first-order valence-corrected chi connectivity index (χ1v) is 14.0. The molecule has 2 N–H and O–H groups in total. The number of aryl methyl sites for hydroxylation is 1. The number of carbonyl (C=O) groups excluding carboxylic acids is 2. The Kier molecular flexibility index (Phi) is 7.66. The van der Waals surface area contributed by atoms with Gasteiger partial charge in [-0.05, 0) is 65.0 Å². The highest BCUT2D eigenvalue weighted by molar-refractivity contribution is 5.93. The molecule has 3 aromatic rings. The van der Waals surface area contributed by atoms with Crippen molar-refractivity contribution in [3.05, 3.63) is 35.2 Å². The summed E-state index contributed by atoms with van der Waals surface area (Å²) in [5.74, 6) is -3.45. The van der Waals surface area contributed by atoms with Gasteiger partial charge in [-0.25, -0.2) is 32.7 Å². The number of hydrogen-bond donors (Lipinski definition) is 2. The second kappa shape index (κ2) is 10.8. The number of hydrogen-bond acceptors (Lipinski definition) is 10. The van der Waals surface area contributed by atoms with E-state index in [-0.39, 0.29) is 56.0 Å². The first-order chi connectivity index (χ1) is 19.6. The van der Waals surface area contributed by atoms with Crippen molar-refractivity contribution in [1.29, 1.82) is 0 Å². The minimum atomic E-state index is -2.75. The van der Waals surface area contributed by atoms with Crippen molar-refractivity contribution in [1.82, 2.24) is 40.1 Å². The number of fused-ring (bicyclic) bond motifs is 1. The van der Waals surface area contributed by atoms with Crippen LogP contribution in [0.4, 0.5) is 13.6 Å². The number of nitrogens with one attached hydrogen (secondary N) is 1. The summed E-state index contributed by atoms with van der Waals surface area (Å²) in [6, 6.07) is -1.36. The van der Waals surface area contributed by atoms with Gasteiger partial charge in [-0.15, -0.1) is 0 Å². The molecule has 0 aromatic carbocycles. The molecule has 1 saturated heterocycles. The molecular weight excluding hydrogens is 554 g/mol. The van der Waals surface area contributed by atoms with E-state index in [4.69, 9.17) is 4.74 Å². The van der Waals surface area contributed by atoms with Crippen molar-refractivity contribution in [3.63, 3.8) is 0 Å².